The SMILES string of the molecule is Cc1ccc(N(c2ccccc2)c2cc(Br)cc(N(c3ccccc3)c3ccc(C)cc3)c2)cc1. The van der Waals surface area contributed by atoms with Crippen LogP contribution in [-0.4, -0.2) is 0 Å². The summed E-state index contributed by atoms with van der Waals surface area (Å²) in [4.78, 5) is 4.60. The first-order chi connectivity index (χ1) is 17.1. The topological polar surface area (TPSA) is 6.48 Å². The van der Waals surface area contributed by atoms with Gasteiger partial charge >= 0.3 is 0 Å². The average molecular weight is 519 g/mol. The van der Waals surface area contributed by atoms with Crippen LogP contribution in [0.25, 0.3) is 0 Å². The van der Waals surface area contributed by atoms with Gasteiger partial charge in [0, 0.05) is 38.6 Å². The highest BCUT2D eigenvalue weighted by Gasteiger charge is 2.18. The molecule has 0 aliphatic rings. The summed E-state index contributed by atoms with van der Waals surface area (Å²) >= 11 is 3.81. The van der Waals surface area contributed by atoms with Crippen molar-refractivity contribution in [2.24, 2.45) is 0 Å². The van der Waals surface area contributed by atoms with Gasteiger partial charge in [-0.05, 0) is 80.6 Å². The van der Waals surface area contributed by atoms with Crippen LogP contribution in [0.5, 0.6) is 0 Å². The second-order valence-corrected chi connectivity index (χ2v) is 9.60. The van der Waals surface area contributed by atoms with Crippen molar-refractivity contribution in [2.75, 3.05) is 9.80 Å². The number of benzene rings is 5. The Bertz CT molecular complexity index is 1290. The molecule has 5 aromatic rings. The zero-order chi connectivity index (χ0) is 24.2. The molecule has 0 aliphatic heterocycles. The van der Waals surface area contributed by atoms with Gasteiger partial charge in [-0.25, -0.2) is 0 Å². The molecule has 0 aromatic heterocycles. The lowest BCUT2D eigenvalue weighted by Crippen LogP contribution is -2.13. The van der Waals surface area contributed by atoms with Crippen molar-refractivity contribution in [1.29, 1.82) is 0 Å². The summed E-state index contributed by atoms with van der Waals surface area (Å²) in [5.41, 5.74) is 9.11. The van der Waals surface area contributed by atoms with Crippen LogP contribution in [0.15, 0.2) is 132 Å². The van der Waals surface area contributed by atoms with E-state index in [-0.39, 0.29) is 0 Å². The summed E-state index contributed by atoms with van der Waals surface area (Å²) in [5, 5.41) is 0. The van der Waals surface area contributed by atoms with Crippen LogP contribution in [-0.2, 0) is 0 Å². The lowest BCUT2D eigenvalue weighted by atomic mass is 10.1. The molecular weight excluding hydrogens is 492 g/mol. The molecule has 0 fully saturated rings. The molecule has 0 spiro atoms. The number of anilines is 6. The summed E-state index contributed by atoms with van der Waals surface area (Å²) in [5.74, 6) is 0. The predicted octanol–water partition coefficient (Wildman–Crippen LogP) is 10.0. The minimum Gasteiger partial charge on any atom is -0.310 e. The molecule has 0 radical (unpaired) electrons. The maximum absolute atomic E-state index is 3.81. The van der Waals surface area contributed by atoms with E-state index in [1.807, 2.05) is 0 Å². The van der Waals surface area contributed by atoms with Crippen LogP contribution in [0.2, 0.25) is 0 Å². The van der Waals surface area contributed by atoms with Crippen LogP contribution in [0, 0.1) is 13.8 Å². The maximum atomic E-state index is 3.81. The van der Waals surface area contributed by atoms with Crippen LogP contribution in [0.1, 0.15) is 11.1 Å². The highest BCUT2D eigenvalue weighted by molar-refractivity contribution is 9.10. The van der Waals surface area contributed by atoms with Gasteiger partial charge in [0.25, 0.3) is 0 Å². The quantitative estimate of drug-likeness (QED) is 0.220. The first-order valence-corrected chi connectivity index (χ1v) is 12.5. The first kappa shape index (κ1) is 22.9. The van der Waals surface area contributed by atoms with E-state index in [4.69, 9.17) is 0 Å². The first-order valence-electron chi connectivity index (χ1n) is 11.7. The molecule has 0 bridgehead atoms. The number of aryl methyl sites for hydroxylation is 2. The second kappa shape index (κ2) is 10.2. The molecule has 5 rings (SSSR count). The summed E-state index contributed by atoms with van der Waals surface area (Å²) in [6.45, 7) is 4.24. The molecule has 0 N–H and O–H groups in total. The number of hydrogen-bond acceptors (Lipinski definition) is 2. The van der Waals surface area contributed by atoms with Gasteiger partial charge in [-0.2, -0.15) is 0 Å². The van der Waals surface area contributed by atoms with Crippen molar-refractivity contribution in [2.45, 2.75) is 13.8 Å². The Labute approximate surface area is 216 Å². The highest BCUT2D eigenvalue weighted by Crippen LogP contribution is 2.42. The van der Waals surface area contributed by atoms with Crippen molar-refractivity contribution in [3.63, 3.8) is 0 Å². The van der Waals surface area contributed by atoms with E-state index in [9.17, 15) is 0 Å². The molecule has 35 heavy (non-hydrogen) atoms. The second-order valence-electron chi connectivity index (χ2n) is 8.68. The predicted molar refractivity (Wildman–Crippen MR) is 153 cm³/mol. The largest absolute Gasteiger partial charge is 0.310 e. The number of rotatable bonds is 6. The summed E-state index contributed by atoms with van der Waals surface area (Å²) < 4.78 is 1.02. The van der Waals surface area contributed by atoms with E-state index in [0.29, 0.717) is 0 Å². The van der Waals surface area contributed by atoms with Gasteiger partial charge in [0.2, 0.25) is 0 Å². The van der Waals surface area contributed by atoms with E-state index in [1.165, 1.54) is 11.1 Å². The van der Waals surface area contributed by atoms with E-state index < -0.39 is 0 Å². The Hall–Kier alpha value is -3.82. The van der Waals surface area contributed by atoms with E-state index in [0.717, 1.165) is 38.6 Å². The van der Waals surface area contributed by atoms with Crippen LogP contribution >= 0.6 is 15.9 Å². The maximum Gasteiger partial charge on any atom is 0.0493 e. The summed E-state index contributed by atoms with van der Waals surface area (Å²) in [7, 11) is 0. The van der Waals surface area contributed by atoms with Crippen molar-refractivity contribution in [3.8, 4) is 0 Å². The Kier molecular flexibility index (Phi) is 6.69. The zero-order valence-corrected chi connectivity index (χ0v) is 21.5. The van der Waals surface area contributed by atoms with E-state index in [1.54, 1.807) is 0 Å². The Morgan fingerprint density at radius 2 is 0.743 bits per heavy atom. The van der Waals surface area contributed by atoms with Gasteiger partial charge in [-0.15, -0.1) is 0 Å². The number of nitrogens with zero attached hydrogens (tertiary/aromatic N) is 2. The third-order valence-electron chi connectivity index (χ3n) is 6.00. The minimum absolute atomic E-state index is 1.02. The number of halogens is 1. The molecule has 0 amide bonds. The van der Waals surface area contributed by atoms with Gasteiger partial charge in [0.05, 0.1) is 0 Å². The van der Waals surface area contributed by atoms with Gasteiger partial charge in [-0.3, -0.25) is 0 Å². The van der Waals surface area contributed by atoms with E-state index >= 15 is 0 Å². The Morgan fingerprint density at radius 3 is 1.11 bits per heavy atom. The van der Waals surface area contributed by atoms with Crippen LogP contribution in [0.3, 0.4) is 0 Å². The van der Waals surface area contributed by atoms with Gasteiger partial charge in [-0.1, -0.05) is 87.7 Å². The average Bonchev–Trinajstić information content (AvgIpc) is 2.88. The van der Waals surface area contributed by atoms with Crippen LogP contribution < -0.4 is 9.80 Å². The molecule has 5 aromatic carbocycles. The lowest BCUT2D eigenvalue weighted by Gasteiger charge is -2.30. The van der Waals surface area contributed by atoms with Crippen molar-refractivity contribution in [3.05, 3.63) is 143 Å². The third-order valence-corrected chi connectivity index (χ3v) is 6.45. The monoisotopic (exact) mass is 518 g/mol. The molecule has 2 nitrogen and oxygen atoms in total. The molecule has 0 unspecified atom stereocenters. The van der Waals surface area contributed by atoms with Gasteiger partial charge in [0.15, 0.2) is 0 Å². The third kappa shape index (κ3) is 5.16. The fourth-order valence-corrected chi connectivity index (χ4v) is 4.72. The summed E-state index contributed by atoms with van der Waals surface area (Å²) in [6, 6.07) is 45.0. The van der Waals surface area contributed by atoms with Crippen molar-refractivity contribution >= 4 is 50.1 Å². The Morgan fingerprint density at radius 1 is 0.400 bits per heavy atom. The van der Waals surface area contributed by atoms with Gasteiger partial charge < -0.3 is 9.80 Å². The van der Waals surface area contributed by atoms with E-state index in [2.05, 4.69) is 167 Å². The molecule has 172 valence electrons. The fourth-order valence-electron chi connectivity index (χ4n) is 4.25. The van der Waals surface area contributed by atoms with Crippen molar-refractivity contribution in [1.82, 2.24) is 0 Å². The van der Waals surface area contributed by atoms with Gasteiger partial charge in [0.1, 0.15) is 0 Å². The number of hydrogen-bond donors (Lipinski definition) is 0. The smallest absolute Gasteiger partial charge is 0.0493 e. The molecule has 3 heteroatoms. The minimum atomic E-state index is 1.02. The molecule has 0 saturated heterocycles. The molecule has 0 heterocycles. The summed E-state index contributed by atoms with van der Waals surface area (Å²) in [6.07, 6.45) is 0. The van der Waals surface area contributed by atoms with Crippen LogP contribution in [0.4, 0.5) is 34.1 Å². The fraction of sp³-hybridized carbons (Fsp3) is 0.0625. The lowest BCUT2D eigenvalue weighted by molar-refractivity contribution is 1.24. The molecule has 0 saturated carbocycles. The standard InChI is InChI=1S/C32H27BrN2/c1-24-13-17-29(18-14-24)34(27-9-5-3-6-10-27)31-21-26(33)22-32(23-31)35(28-11-7-4-8-12-28)30-19-15-25(2)16-20-30/h3-23H,1-2H3. The molecule has 0 atom stereocenters. The normalized spacial score (nSPS) is 10.7. The Balaban J connectivity index is 1.69. The number of para-hydroxylation sites is 2. The highest BCUT2D eigenvalue weighted by atomic mass is 79.9. The van der Waals surface area contributed by atoms with Crippen molar-refractivity contribution < 1.29 is 0 Å². The molecule has 0 aliphatic carbocycles. The molecular formula is C32H27BrN2. The zero-order valence-electron chi connectivity index (χ0n) is 19.9.